The predicted molar refractivity (Wildman–Crippen MR) is 86.2 cm³/mol. The van der Waals surface area contributed by atoms with Gasteiger partial charge in [0, 0.05) is 0 Å². The van der Waals surface area contributed by atoms with Crippen molar-refractivity contribution in [3.8, 4) is 5.75 Å². The van der Waals surface area contributed by atoms with E-state index in [4.69, 9.17) is 9.47 Å². The lowest BCUT2D eigenvalue weighted by atomic mass is 9.96. The summed E-state index contributed by atoms with van der Waals surface area (Å²) in [7, 11) is 1.41. The minimum Gasteiger partial charge on any atom is -0.493 e. The molecule has 0 aliphatic heterocycles. The molecular formula is C18H28O3. The van der Waals surface area contributed by atoms with Gasteiger partial charge in [0.15, 0.2) is 0 Å². The van der Waals surface area contributed by atoms with Crippen LogP contribution in [-0.2, 0) is 4.74 Å². The Bertz CT molecular complexity index is 476. The molecule has 3 nitrogen and oxygen atoms in total. The molecule has 0 fully saturated rings. The number of benzene rings is 1. The van der Waals surface area contributed by atoms with Gasteiger partial charge in [-0.1, -0.05) is 27.7 Å². The number of hydrogen-bond donors (Lipinski definition) is 0. The molecule has 1 aromatic carbocycles. The van der Waals surface area contributed by atoms with Gasteiger partial charge >= 0.3 is 5.97 Å². The Morgan fingerprint density at radius 3 is 2.38 bits per heavy atom. The van der Waals surface area contributed by atoms with Crippen LogP contribution in [0.25, 0.3) is 0 Å². The van der Waals surface area contributed by atoms with Crippen LogP contribution in [0.2, 0.25) is 0 Å². The molecule has 0 aliphatic carbocycles. The molecule has 0 unspecified atom stereocenters. The summed E-state index contributed by atoms with van der Waals surface area (Å²) in [5.74, 6) is 1.59. The maximum atomic E-state index is 11.8. The Kier molecular flexibility index (Phi) is 6.73. The SMILES string of the molecule is COC(=O)c1cc(C(C)C)c(OCCCC(C)C)cc1C. The Morgan fingerprint density at radius 2 is 1.86 bits per heavy atom. The van der Waals surface area contributed by atoms with Crippen molar-refractivity contribution >= 4 is 5.97 Å². The summed E-state index contributed by atoms with van der Waals surface area (Å²) in [6, 6.07) is 3.86. The quantitative estimate of drug-likeness (QED) is 0.539. The Hall–Kier alpha value is -1.51. The zero-order valence-corrected chi connectivity index (χ0v) is 14.2. The van der Waals surface area contributed by atoms with E-state index in [1.165, 1.54) is 7.11 Å². The molecule has 0 spiro atoms. The first-order valence-electron chi connectivity index (χ1n) is 7.72. The Labute approximate surface area is 128 Å². The van der Waals surface area contributed by atoms with E-state index in [9.17, 15) is 4.79 Å². The molecule has 118 valence electrons. The first-order valence-corrected chi connectivity index (χ1v) is 7.72. The summed E-state index contributed by atoms with van der Waals surface area (Å²) < 4.78 is 10.8. The van der Waals surface area contributed by atoms with Gasteiger partial charge in [0.2, 0.25) is 0 Å². The number of ether oxygens (including phenoxy) is 2. The highest BCUT2D eigenvalue weighted by molar-refractivity contribution is 5.91. The van der Waals surface area contributed by atoms with Crippen molar-refractivity contribution in [2.75, 3.05) is 13.7 Å². The molecule has 0 amide bonds. The number of aryl methyl sites for hydroxylation is 1. The summed E-state index contributed by atoms with van der Waals surface area (Å²) in [6.07, 6.45) is 2.21. The standard InChI is InChI=1S/C18H28O3/c1-12(2)8-7-9-21-17-10-14(5)16(18(19)20-6)11-15(17)13(3)4/h10-13H,7-9H2,1-6H3. The van der Waals surface area contributed by atoms with Crippen molar-refractivity contribution in [1.82, 2.24) is 0 Å². The van der Waals surface area contributed by atoms with Crippen molar-refractivity contribution in [2.45, 2.75) is 53.4 Å². The summed E-state index contributed by atoms with van der Waals surface area (Å²) >= 11 is 0. The monoisotopic (exact) mass is 292 g/mol. The fraction of sp³-hybridized carbons (Fsp3) is 0.611. The smallest absolute Gasteiger partial charge is 0.338 e. The van der Waals surface area contributed by atoms with Crippen LogP contribution in [0, 0.1) is 12.8 Å². The van der Waals surface area contributed by atoms with Gasteiger partial charge in [0.05, 0.1) is 19.3 Å². The number of esters is 1. The van der Waals surface area contributed by atoms with Gasteiger partial charge < -0.3 is 9.47 Å². The maximum absolute atomic E-state index is 11.8. The van der Waals surface area contributed by atoms with Gasteiger partial charge in [-0.25, -0.2) is 4.79 Å². The van der Waals surface area contributed by atoms with Gasteiger partial charge in [-0.2, -0.15) is 0 Å². The lowest BCUT2D eigenvalue weighted by Gasteiger charge is -2.17. The van der Waals surface area contributed by atoms with E-state index in [1.807, 2.05) is 19.1 Å². The highest BCUT2D eigenvalue weighted by atomic mass is 16.5. The minimum atomic E-state index is -0.291. The lowest BCUT2D eigenvalue weighted by Crippen LogP contribution is -2.08. The number of hydrogen-bond acceptors (Lipinski definition) is 3. The molecule has 0 saturated carbocycles. The molecule has 0 saturated heterocycles. The second kappa shape index (κ2) is 8.06. The number of rotatable bonds is 7. The third kappa shape index (κ3) is 5.07. The molecule has 0 atom stereocenters. The third-order valence-electron chi connectivity index (χ3n) is 3.57. The molecule has 0 aliphatic rings. The van der Waals surface area contributed by atoms with Gasteiger partial charge in [0.1, 0.15) is 5.75 Å². The molecule has 0 heterocycles. The highest BCUT2D eigenvalue weighted by Gasteiger charge is 2.16. The van der Waals surface area contributed by atoms with Crippen LogP contribution in [0.15, 0.2) is 12.1 Å². The van der Waals surface area contributed by atoms with Crippen molar-refractivity contribution in [3.63, 3.8) is 0 Å². The minimum absolute atomic E-state index is 0.291. The van der Waals surface area contributed by atoms with E-state index in [0.717, 1.165) is 36.3 Å². The van der Waals surface area contributed by atoms with Gasteiger partial charge in [-0.3, -0.25) is 0 Å². The average molecular weight is 292 g/mol. The molecule has 0 aromatic heterocycles. The van der Waals surface area contributed by atoms with Crippen LogP contribution in [0.3, 0.4) is 0 Å². The Balaban J connectivity index is 2.92. The summed E-state index contributed by atoms with van der Waals surface area (Å²) in [5, 5.41) is 0. The van der Waals surface area contributed by atoms with Crippen LogP contribution in [0.5, 0.6) is 5.75 Å². The average Bonchev–Trinajstić information content (AvgIpc) is 2.42. The van der Waals surface area contributed by atoms with Gasteiger partial charge in [-0.15, -0.1) is 0 Å². The normalized spacial score (nSPS) is 11.0. The van der Waals surface area contributed by atoms with Crippen LogP contribution < -0.4 is 4.74 Å². The molecule has 1 rings (SSSR count). The van der Waals surface area contributed by atoms with Crippen LogP contribution >= 0.6 is 0 Å². The molecule has 0 N–H and O–H groups in total. The summed E-state index contributed by atoms with van der Waals surface area (Å²) in [6.45, 7) is 11.3. The second-order valence-electron chi connectivity index (χ2n) is 6.24. The van der Waals surface area contributed by atoms with Crippen LogP contribution in [0.1, 0.15) is 67.9 Å². The Morgan fingerprint density at radius 1 is 1.19 bits per heavy atom. The first kappa shape index (κ1) is 17.5. The molecular weight excluding hydrogens is 264 g/mol. The maximum Gasteiger partial charge on any atom is 0.338 e. The van der Waals surface area contributed by atoms with E-state index >= 15 is 0 Å². The van der Waals surface area contributed by atoms with Crippen molar-refractivity contribution < 1.29 is 14.3 Å². The second-order valence-corrected chi connectivity index (χ2v) is 6.24. The van der Waals surface area contributed by atoms with Crippen molar-refractivity contribution in [1.29, 1.82) is 0 Å². The fourth-order valence-corrected chi connectivity index (χ4v) is 2.28. The zero-order valence-electron chi connectivity index (χ0n) is 14.2. The van der Waals surface area contributed by atoms with Crippen molar-refractivity contribution in [3.05, 3.63) is 28.8 Å². The van der Waals surface area contributed by atoms with Gasteiger partial charge in [0.25, 0.3) is 0 Å². The third-order valence-corrected chi connectivity index (χ3v) is 3.57. The largest absolute Gasteiger partial charge is 0.493 e. The van der Waals surface area contributed by atoms with E-state index in [0.29, 0.717) is 17.4 Å². The number of carbonyl (C=O) groups is 1. The predicted octanol–water partition coefficient (Wildman–Crippen LogP) is 4.72. The molecule has 21 heavy (non-hydrogen) atoms. The molecule has 0 bridgehead atoms. The summed E-state index contributed by atoms with van der Waals surface area (Å²) in [5.41, 5.74) is 2.58. The first-order chi connectivity index (χ1) is 9.86. The van der Waals surface area contributed by atoms with E-state index < -0.39 is 0 Å². The van der Waals surface area contributed by atoms with Crippen LogP contribution in [0.4, 0.5) is 0 Å². The summed E-state index contributed by atoms with van der Waals surface area (Å²) in [4.78, 5) is 11.8. The van der Waals surface area contributed by atoms with Crippen molar-refractivity contribution in [2.24, 2.45) is 5.92 Å². The molecule has 1 aromatic rings. The van der Waals surface area contributed by atoms with Crippen LogP contribution in [-0.4, -0.2) is 19.7 Å². The zero-order chi connectivity index (χ0) is 16.0. The fourth-order valence-electron chi connectivity index (χ4n) is 2.28. The topological polar surface area (TPSA) is 35.5 Å². The van der Waals surface area contributed by atoms with E-state index in [2.05, 4.69) is 27.7 Å². The number of carbonyl (C=O) groups excluding carboxylic acids is 1. The molecule has 0 radical (unpaired) electrons. The van der Waals surface area contributed by atoms with E-state index in [-0.39, 0.29) is 5.97 Å². The van der Waals surface area contributed by atoms with E-state index in [1.54, 1.807) is 0 Å². The van der Waals surface area contributed by atoms with Gasteiger partial charge in [-0.05, 0) is 54.9 Å². The number of methoxy groups -OCH3 is 1. The molecule has 3 heteroatoms. The lowest BCUT2D eigenvalue weighted by molar-refractivity contribution is 0.0599. The highest BCUT2D eigenvalue weighted by Crippen LogP contribution is 2.30.